The van der Waals surface area contributed by atoms with E-state index in [1.54, 1.807) is 18.3 Å². The Kier molecular flexibility index (Phi) is 5.17. The van der Waals surface area contributed by atoms with E-state index >= 15 is 0 Å². The average Bonchev–Trinajstić information content (AvgIpc) is 3.06. The van der Waals surface area contributed by atoms with Crippen LogP contribution in [0.25, 0.3) is 16.8 Å². The van der Waals surface area contributed by atoms with E-state index in [2.05, 4.69) is 16.4 Å². The van der Waals surface area contributed by atoms with Gasteiger partial charge in [-0.05, 0) is 30.3 Å². The average molecular weight is 372 g/mol. The standard InChI is InChI=1S/C18H11Cl2N3S/c19-14-6-4-12(5-7-14)17-11-24-18(23-17)13(9-21)10-22-16-3-1-2-15(20)8-16/h1-8,10-11,22H/b13-10+. The lowest BCUT2D eigenvalue weighted by atomic mass is 10.2. The number of benzene rings is 2. The van der Waals surface area contributed by atoms with Crippen LogP contribution in [0, 0.1) is 11.3 Å². The molecule has 3 aromatic rings. The minimum atomic E-state index is 0.459. The molecule has 0 saturated carbocycles. The van der Waals surface area contributed by atoms with Crippen molar-refractivity contribution in [2.45, 2.75) is 0 Å². The van der Waals surface area contributed by atoms with Crippen molar-refractivity contribution in [2.24, 2.45) is 0 Å². The first kappa shape index (κ1) is 16.5. The maximum absolute atomic E-state index is 9.39. The van der Waals surface area contributed by atoms with E-state index in [1.165, 1.54) is 11.3 Å². The monoisotopic (exact) mass is 371 g/mol. The predicted molar refractivity (Wildman–Crippen MR) is 101 cm³/mol. The zero-order valence-corrected chi connectivity index (χ0v) is 14.7. The summed E-state index contributed by atoms with van der Waals surface area (Å²) in [6.07, 6.45) is 1.64. The third-order valence-corrected chi connectivity index (χ3v) is 4.57. The molecule has 1 aromatic heterocycles. The van der Waals surface area contributed by atoms with E-state index in [0.717, 1.165) is 16.9 Å². The summed E-state index contributed by atoms with van der Waals surface area (Å²) < 4.78 is 0. The van der Waals surface area contributed by atoms with Gasteiger partial charge in [0.15, 0.2) is 0 Å². The largest absolute Gasteiger partial charge is 0.360 e. The number of halogens is 2. The fourth-order valence-electron chi connectivity index (χ4n) is 2.03. The van der Waals surface area contributed by atoms with Crippen LogP contribution in [0.2, 0.25) is 10.0 Å². The van der Waals surface area contributed by atoms with Crippen LogP contribution in [-0.4, -0.2) is 4.98 Å². The van der Waals surface area contributed by atoms with Crippen molar-refractivity contribution in [1.82, 2.24) is 4.98 Å². The first-order valence-corrected chi connectivity index (χ1v) is 8.63. The molecule has 1 heterocycles. The van der Waals surface area contributed by atoms with E-state index in [1.807, 2.05) is 41.8 Å². The van der Waals surface area contributed by atoms with E-state index in [0.29, 0.717) is 20.6 Å². The van der Waals surface area contributed by atoms with Crippen LogP contribution in [0.5, 0.6) is 0 Å². The first-order chi connectivity index (χ1) is 11.7. The van der Waals surface area contributed by atoms with Gasteiger partial charge >= 0.3 is 0 Å². The number of hydrogen-bond acceptors (Lipinski definition) is 4. The molecule has 3 nitrogen and oxygen atoms in total. The maximum atomic E-state index is 9.39. The third kappa shape index (κ3) is 3.95. The molecule has 0 radical (unpaired) electrons. The van der Waals surface area contributed by atoms with E-state index < -0.39 is 0 Å². The summed E-state index contributed by atoms with van der Waals surface area (Å²) >= 11 is 13.3. The van der Waals surface area contributed by atoms with Gasteiger partial charge in [0, 0.05) is 32.9 Å². The molecule has 118 valence electrons. The highest BCUT2D eigenvalue weighted by Crippen LogP contribution is 2.27. The minimum Gasteiger partial charge on any atom is -0.360 e. The Morgan fingerprint density at radius 3 is 2.62 bits per heavy atom. The topological polar surface area (TPSA) is 48.7 Å². The van der Waals surface area contributed by atoms with Crippen LogP contribution in [0.15, 0.2) is 60.1 Å². The van der Waals surface area contributed by atoms with Crippen molar-refractivity contribution in [2.75, 3.05) is 5.32 Å². The predicted octanol–water partition coefficient (Wildman–Crippen LogP) is 6.09. The molecule has 0 aliphatic carbocycles. The smallest absolute Gasteiger partial charge is 0.136 e. The molecule has 0 spiro atoms. The number of anilines is 1. The molecule has 0 aliphatic heterocycles. The second kappa shape index (κ2) is 7.50. The highest BCUT2D eigenvalue weighted by atomic mass is 35.5. The Hall–Kier alpha value is -2.32. The van der Waals surface area contributed by atoms with Crippen molar-refractivity contribution in [3.8, 4) is 17.3 Å². The summed E-state index contributed by atoms with van der Waals surface area (Å²) in [4.78, 5) is 4.53. The van der Waals surface area contributed by atoms with Crippen LogP contribution >= 0.6 is 34.5 Å². The second-order valence-corrected chi connectivity index (χ2v) is 6.60. The number of nitrogens with one attached hydrogen (secondary N) is 1. The summed E-state index contributed by atoms with van der Waals surface area (Å²) in [5, 5.41) is 16.3. The van der Waals surface area contributed by atoms with Crippen LogP contribution in [-0.2, 0) is 0 Å². The van der Waals surface area contributed by atoms with Gasteiger partial charge in [0.05, 0.1) is 5.69 Å². The summed E-state index contributed by atoms with van der Waals surface area (Å²) in [5.41, 5.74) is 3.04. The fraction of sp³-hybridized carbons (Fsp3) is 0. The molecule has 0 aliphatic rings. The molecule has 0 unspecified atom stereocenters. The molecule has 6 heteroatoms. The maximum Gasteiger partial charge on any atom is 0.136 e. The molecule has 24 heavy (non-hydrogen) atoms. The van der Waals surface area contributed by atoms with Gasteiger partial charge in [-0.2, -0.15) is 5.26 Å². The number of allylic oxidation sites excluding steroid dienone is 1. The highest BCUT2D eigenvalue weighted by molar-refractivity contribution is 7.11. The molecule has 2 aromatic carbocycles. The van der Waals surface area contributed by atoms with Crippen molar-refractivity contribution in [3.05, 3.63) is 75.2 Å². The number of nitriles is 1. The second-order valence-electron chi connectivity index (χ2n) is 4.87. The Bertz CT molecular complexity index is 924. The summed E-state index contributed by atoms with van der Waals surface area (Å²) in [6.45, 7) is 0. The van der Waals surface area contributed by atoms with Gasteiger partial charge in [-0.25, -0.2) is 4.98 Å². The molecule has 0 saturated heterocycles. The van der Waals surface area contributed by atoms with Crippen LogP contribution in [0.4, 0.5) is 5.69 Å². The number of thiazole rings is 1. The molecule has 0 atom stereocenters. The summed E-state index contributed by atoms with van der Waals surface area (Å²) in [6, 6.07) is 16.9. The Labute approximate surface area is 153 Å². The number of rotatable bonds is 4. The van der Waals surface area contributed by atoms with Crippen molar-refractivity contribution >= 4 is 45.8 Å². The summed E-state index contributed by atoms with van der Waals surface area (Å²) in [7, 11) is 0. The quantitative estimate of drug-likeness (QED) is 0.564. The van der Waals surface area contributed by atoms with Crippen LogP contribution in [0.1, 0.15) is 5.01 Å². The normalized spacial score (nSPS) is 11.1. The molecule has 0 fully saturated rings. The Balaban J connectivity index is 1.82. The summed E-state index contributed by atoms with van der Waals surface area (Å²) in [5.74, 6) is 0. The van der Waals surface area contributed by atoms with Crippen LogP contribution < -0.4 is 5.32 Å². The van der Waals surface area contributed by atoms with Gasteiger partial charge in [-0.3, -0.25) is 0 Å². The van der Waals surface area contributed by atoms with E-state index in [4.69, 9.17) is 23.2 Å². The van der Waals surface area contributed by atoms with Crippen LogP contribution in [0.3, 0.4) is 0 Å². The Morgan fingerprint density at radius 1 is 1.12 bits per heavy atom. The van der Waals surface area contributed by atoms with Crippen molar-refractivity contribution in [1.29, 1.82) is 5.26 Å². The molecular formula is C18H11Cl2N3S. The molecule has 0 amide bonds. The lowest BCUT2D eigenvalue weighted by Gasteiger charge is -2.01. The van der Waals surface area contributed by atoms with Crippen molar-refractivity contribution in [3.63, 3.8) is 0 Å². The zero-order valence-electron chi connectivity index (χ0n) is 12.3. The number of nitrogens with zero attached hydrogens (tertiary/aromatic N) is 2. The Morgan fingerprint density at radius 2 is 1.92 bits per heavy atom. The first-order valence-electron chi connectivity index (χ1n) is 7.00. The van der Waals surface area contributed by atoms with Gasteiger partial charge in [-0.15, -0.1) is 11.3 Å². The highest BCUT2D eigenvalue weighted by Gasteiger charge is 2.09. The van der Waals surface area contributed by atoms with Crippen molar-refractivity contribution < 1.29 is 0 Å². The lowest BCUT2D eigenvalue weighted by Crippen LogP contribution is -1.91. The number of hydrogen-bond donors (Lipinski definition) is 1. The van der Waals surface area contributed by atoms with Gasteiger partial charge in [0.1, 0.15) is 16.6 Å². The van der Waals surface area contributed by atoms with Gasteiger partial charge in [0.2, 0.25) is 0 Å². The van der Waals surface area contributed by atoms with Gasteiger partial charge in [-0.1, -0.05) is 41.4 Å². The lowest BCUT2D eigenvalue weighted by molar-refractivity contribution is 1.36. The third-order valence-electron chi connectivity index (χ3n) is 3.20. The molecule has 0 bridgehead atoms. The zero-order chi connectivity index (χ0) is 16.9. The number of aromatic nitrogens is 1. The van der Waals surface area contributed by atoms with E-state index in [-0.39, 0.29) is 0 Å². The molecular weight excluding hydrogens is 361 g/mol. The SMILES string of the molecule is N#C/C(=C\Nc1cccc(Cl)c1)c1nc(-c2ccc(Cl)cc2)cs1. The molecule has 3 rings (SSSR count). The van der Waals surface area contributed by atoms with Gasteiger partial charge in [0.25, 0.3) is 0 Å². The van der Waals surface area contributed by atoms with E-state index in [9.17, 15) is 5.26 Å². The van der Waals surface area contributed by atoms with Gasteiger partial charge < -0.3 is 5.32 Å². The fourth-order valence-corrected chi connectivity index (χ4v) is 3.14. The minimum absolute atomic E-state index is 0.459. The molecule has 1 N–H and O–H groups in total.